The van der Waals surface area contributed by atoms with Crippen LogP contribution in [-0.4, -0.2) is 40.7 Å². The van der Waals surface area contributed by atoms with Gasteiger partial charge in [-0.05, 0) is 54.3 Å². The monoisotopic (exact) mass is 480 g/mol. The summed E-state index contributed by atoms with van der Waals surface area (Å²) in [4.78, 5) is 47.1. The van der Waals surface area contributed by atoms with E-state index < -0.39 is 6.04 Å². The molecule has 1 aromatic carbocycles. The first-order chi connectivity index (χ1) is 16.0. The van der Waals surface area contributed by atoms with Crippen LogP contribution in [-0.2, 0) is 11.3 Å². The summed E-state index contributed by atoms with van der Waals surface area (Å²) in [6.45, 7) is 3.62. The van der Waals surface area contributed by atoms with Crippen molar-refractivity contribution in [2.45, 2.75) is 32.4 Å². The third-order valence-electron chi connectivity index (χ3n) is 6.30. The molecule has 0 aliphatic carbocycles. The third-order valence-corrected chi connectivity index (χ3v) is 7.98. The lowest BCUT2D eigenvalue weighted by atomic mass is 9.95. The van der Waals surface area contributed by atoms with Crippen molar-refractivity contribution in [2.75, 3.05) is 18.0 Å². The summed E-state index contributed by atoms with van der Waals surface area (Å²) in [5.41, 5.74) is 2.69. The van der Waals surface area contributed by atoms with Gasteiger partial charge in [-0.2, -0.15) is 11.3 Å². The summed E-state index contributed by atoms with van der Waals surface area (Å²) < 4.78 is 0. The van der Waals surface area contributed by atoms with Crippen LogP contribution in [0.1, 0.15) is 57.1 Å². The number of benzene rings is 1. The van der Waals surface area contributed by atoms with Crippen molar-refractivity contribution in [2.24, 2.45) is 5.92 Å². The molecule has 33 heavy (non-hydrogen) atoms. The maximum Gasteiger partial charge on any atom is 0.264 e. The van der Waals surface area contributed by atoms with Crippen molar-refractivity contribution in [1.29, 1.82) is 0 Å². The number of aromatic nitrogens is 1. The second-order valence-electron chi connectivity index (χ2n) is 8.36. The van der Waals surface area contributed by atoms with Gasteiger partial charge >= 0.3 is 0 Å². The number of nitrogens with zero attached hydrogens (tertiary/aromatic N) is 3. The van der Waals surface area contributed by atoms with Gasteiger partial charge in [-0.3, -0.25) is 19.3 Å². The number of hydrogen-bond acceptors (Lipinski definition) is 7. The number of thiazole rings is 1. The highest BCUT2D eigenvalue weighted by Crippen LogP contribution is 2.38. The van der Waals surface area contributed by atoms with E-state index in [1.54, 1.807) is 23.6 Å². The van der Waals surface area contributed by atoms with E-state index in [0.717, 1.165) is 35.6 Å². The molecular weight excluding hydrogens is 456 g/mol. The smallest absolute Gasteiger partial charge is 0.264 e. The van der Waals surface area contributed by atoms with Crippen LogP contribution in [0.15, 0.2) is 46.6 Å². The molecule has 9 heteroatoms. The van der Waals surface area contributed by atoms with Crippen LogP contribution >= 0.6 is 22.7 Å². The van der Waals surface area contributed by atoms with Crippen molar-refractivity contribution < 1.29 is 14.4 Å². The maximum atomic E-state index is 13.4. The van der Waals surface area contributed by atoms with Crippen molar-refractivity contribution in [3.63, 3.8) is 0 Å². The fourth-order valence-corrected chi connectivity index (χ4v) is 5.94. The number of rotatable bonds is 6. The van der Waals surface area contributed by atoms with Gasteiger partial charge in [0, 0.05) is 31.2 Å². The van der Waals surface area contributed by atoms with Gasteiger partial charge in [0.25, 0.3) is 11.8 Å². The Morgan fingerprint density at radius 2 is 2.12 bits per heavy atom. The Bertz CT molecular complexity index is 1180. The quantitative estimate of drug-likeness (QED) is 0.537. The molecule has 7 nitrogen and oxygen atoms in total. The van der Waals surface area contributed by atoms with Gasteiger partial charge < -0.3 is 10.2 Å². The molecule has 170 valence electrons. The van der Waals surface area contributed by atoms with Crippen LogP contribution in [0.4, 0.5) is 5.69 Å². The SMILES string of the molecule is C[C@H](c1nccs1)N1C(=O)c2cccc(N3CCC[C@@H](C(=O)NCc4ccsc4)C3)c2C1=O. The number of hydrogen-bond donors (Lipinski definition) is 1. The van der Waals surface area contributed by atoms with Gasteiger partial charge in [-0.1, -0.05) is 6.07 Å². The van der Waals surface area contributed by atoms with Crippen molar-refractivity contribution >= 4 is 46.1 Å². The molecule has 5 rings (SSSR count). The Hall–Kier alpha value is -3.04. The topological polar surface area (TPSA) is 82.6 Å². The molecule has 0 spiro atoms. The highest BCUT2D eigenvalue weighted by atomic mass is 32.1. The van der Waals surface area contributed by atoms with Crippen LogP contribution in [0.25, 0.3) is 0 Å². The van der Waals surface area contributed by atoms with E-state index in [2.05, 4.69) is 15.2 Å². The molecule has 1 saturated heterocycles. The Balaban J connectivity index is 1.35. The normalized spacial score (nSPS) is 19.0. The van der Waals surface area contributed by atoms with E-state index in [1.165, 1.54) is 16.2 Å². The Kier molecular flexibility index (Phi) is 5.99. The van der Waals surface area contributed by atoms with Gasteiger partial charge in [0.05, 0.1) is 28.8 Å². The minimum atomic E-state index is -0.428. The minimum Gasteiger partial charge on any atom is -0.370 e. The second-order valence-corrected chi connectivity index (χ2v) is 10.1. The van der Waals surface area contributed by atoms with E-state index in [4.69, 9.17) is 0 Å². The fraction of sp³-hybridized carbons (Fsp3) is 0.333. The molecule has 0 bridgehead atoms. The number of carbonyl (C=O) groups is 3. The molecular formula is C24H24N4O3S2. The van der Waals surface area contributed by atoms with Crippen LogP contribution in [0, 0.1) is 5.92 Å². The lowest BCUT2D eigenvalue weighted by Gasteiger charge is -2.34. The van der Waals surface area contributed by atoms with Crippen molar-refractivity contribution in [1.82, 2.24) is 15.2 Å². The molecule has 2 aliphatic heterocycles. The molecule has 0 radical (unpaired) electrons. The molecule has 1 fully saturated rings. The molecule has 0 unspecified atom stereocenters. The van der Waals surface area contributed by atoms with Gasteiger partial charge in [0.2, 0.25) is 5.91 Å². The van der Waals surface area contributed by atoms with E-state index in [9.17, 15) is 14.4 Å². The van der Waals surface area contributed by atoms with E-state index >= 15 is 0 Å². The van der Waals surface area contributed by atoms with E-state index in [1.807, 2.05) is 41.3 Å². The van der Waals surface area contributed by atoms with Crippen LogP contribution < -0.4 is 10.2 Å². The standard InChI is InChI=1S/C24H24N4O3S2/c1-15(22-25-8-11-33-22)28-23(30)18-5-2-6-19(20(18)24(28)31)27-9-3-4-17(13-27)21(29)26-12-16-7-10-32-14-16/h2,5-8,10-11,14-15,17H,3-4,9,12-13H2,1H3,(H,26,29)/t15-,17-/m1/s1. The molecule has 0 saturated carbocycles. The minimum absolute atomic E-state index is 0.0277. The third kappa shape index (κ3) is 4.06. The lowest BCUT2D eigenvalue weighted by molar-refractivity contribution is -0.125. The first-order valence-corrected chi connectivity index (χ1v) is 12.8. The van der Waals surface area contributed by atoms with Gasteiger partial charge in [0.15, 0.2) is 0 Å². The van der Waals surface area contributed by atoms with Crippen molar-refractivity contribution in [3.8, 4) is 0 Å². The number of carbonyl (C=O) groups excluding carboxylic acids is 3. The average Bonchev–Trinajstić information content (AvgIpc) is 3.60. The van der Waals surface area contributed by atoms with E-state index in [0.29, 0.717) is 24.2 Å². The predicted octanol–water partition coefficient (Wildman–Crippen LogP) is 4.09. The Morgan fingerprint density at radius 3 is 2.88 bits per heavy atom. The summed E-state index contributed by atoms with van der Waals surface area (Å²) in [6, 6.07) is 6.99. The van der Waals surface area contributed by atoms with E-state index in [-0.39, 0.29) is 23.6 Å². The second kappa shape index (κ2) is 9.07. The van der Waals surface area contributed by atoms with Crippen LogP contribution in [0.5, 0.6) is 0 Å². The Labute approximate surface area is 200 Å². The maximum absolute atomic E-state index is 13.4. The number of imide groups is 1. The number of anilines is 1. The molecule has 3 aromatic rings. The van der Waals surface area contributed by atoms with Crippen LogP contribution in [0.3, 0.4) is 0 Å². The summed E-state index contributed by atoms with van der Waals surface area (Å²) in [6.07, 6.45) is 3.33. The summed E-state index contributed by atoms with van der Waals surface area (Å²) >= 11 is 3.04. The van der Waals surface area contributed by atoms with Crippen molar-refractivity contribution in [3.05, 3.63) is 68.3 Å². The average molecular weight is 481 g/mol. The molecule has 1 N–H and O–H groups in total. The molecule has 4 heterocycles. The number of nitrogens with one attached hydrogen (secondary N) is 1. The largest absolute Gasteiger partial charge is 0.370 e. The summed E-state index contributed by atoms with van der Waals surface area (Å²) in [5.74, 6) is -0.718. The zero-order valence-corrected chi connectivity index (χ0v) is 19.8. The van der Waals surface area contributed by atoms with Gasteiger partial charge in [-0.15, -0.1) is 11.3 Å². The van der Waals surface area contributed by atoms with Gasteiger partial charge in [0.1, 0.15) is 5.01 Å². The first-order valence-electron chi connectivity index (χ1n) is 11.0. The summed E-state index contributed by atoms with van der Waals surface area (Å²) in [7, 11) is 0. The highest BCUT2D eigenvalue weighted by Gasteiger charge is 2.42. The number of amides is 3. The Morgan fingerprint density at radius 1 is 1.24 bits per heavy atom. The highest BCUT2D eigenvalue weighted by molar-refractivity contribution is 7.09. The zero-order chi connectivity index (χ0) is 22.9. The molecule has 2 atom stereocenters. The first kappa shape index (κ1) is 21.8. The number of fused-ring (bicyclic) bond motifs is 1. The summed E-state index contributed by atoms with van der Waals surface area (Å²) in [5, 5.41) is 9.63. The fourth-order valence-electron chi connectivity index (χ4n) is 4.59. The van der Waals surface area contributed by atoms with Crippen LogP contribution in [0.2, 0.25) is 0 Å². The number of thiophene rings is 1. The molecule has 2 aliphatic rings. The number of piperidine rings is 1. The molecule has 3 amide bonds. The zero-order valence-electron chi connectivity index (χ0n) is 18.2. The molecule has 2 aromatic heterocycles. The van der Waals surface area contributed by atoms with Gasteiger partial charge in [-0.25, -0.2) is 4.98 Å². The predicted molar refractivity (Wildman–Crippen MR) is 129 cm³/mol. The lowest BCUT2D eigenvalue weighted by Crippen LogP contribution is -2.43.